The van der Waals surface area contributed by atoms with E-state index in [-0.39, 0.29) is 0 Å². The molecule has 0 saturated heterocycles. The minimum atomic E-state index is -0.828. The third-order valence-electron chi connectivity index (χ3n) is 20.1. The summed E-state index contributed by atoms with van der Waals surface area (Å²) < 4.78 is 19.4. The molecule has 21 rings (SSSR count). The molecule has 0 atom stereocenters. The zero-order chi connectivity index (χ0) is 66.3. The van der Waals surface area contributed by atoms with E-state index in [0.29, 0.717) is 11.3 Å². The topological polar surface area (TPSA) is 112 Å². The molecule has 0 unspecified atom stereocenters. The Kier molecular flexibility index (Phi) is 13.0. The molecule has 0 amide bonds. The van der Waals surface area contributed by atoms with Crippen molar-refractivity contribution in [1.82, 2.24) is 29.1 Å². The van der Waals surface area contributed by atoms with Crippen molar-refractivity contribution in [3.63, 3.8) is 0 Å². The van der Waals surface area contributed by atoms with Crippen LogP contribution in [0.1, 0.15) is 61.2 Å². The van der Waals surface area contributed by atoms with Gasteiger partial charge < -0.3 is 18.6 Å². The molecule has 2 spiro atoms. The Morgan fingerprint density at radius 3 is 1.27 bits per heavy atom. The molecule has 2 aliphatic heterocycles. The summed E-state index contributed by atoms with van der Waals surface area (Å²) in [5.74, 6) is 3.29. The highest BCUT2D eigenvalue weighted by Gasteiger charge is 2.54. The molecule has 3 aliphatic carbocycles. The first-order valence-corrected chi connectivity index (χ1v) is 33.8. The van der Waals surface area contributed by atoms with E-state index < -0.39 is 10.8 Å². The standard InChI is InChI=1S/C49H26N6O.C23H12Br2N2O.C14H9N/c1-51-30-19-21-44-36(23-30)34-11-3-7-15-42(34)55(44)32-25-40-48(53-28-32)47-39(49(40)37-12-4-8-16-45(37)56-46-17-9-5-13-38(46)49)24-31(27-52-47)54-41-14-6-2-10-33(41)35-22-29(26-50)18-20-43(35)54;24-13-9-17-21(26-11-13)22-18(10-14(25)12-27-22)23(17)15-5-1-3-7-19(15)28-20-8-4-2-6-16(20)23;1-15-12-7-6-11-8-10-4-2-3-5-13(10)14(11)9-12/h2-25,27-28H;1-12H;2-7,9H,8H2. The van der Waals surface area contributed by atoms with Crippen LogP contribution in [0.15, 0.2) is 282 Å². The second-order valence-corrected chi connectivity index (χ2v) is 26.9. The third-order valence-corrected chi connectivity index (χ3v) is 21.0. The fraction of sp³-hybridized carbons (Fsp3) is 0.0349. The van der Waals surface area contributed by atoms with Gasteiger partial charge in [-0.05, 0) is 163 Å². The quantitative estimate of drug-likeness (QED) is 0.158. The number of nitrogens with zero attached hydrogens (tertiary/aromatic N) is 9. The van der Waals surface area contributed by atoms with Crippen LogP contribution in [-0.4, -0.2) is 29.1 Å². The maximum Gasteiger partial charge on any atom is 0.188 e. The van der Waals surface area contributed by atoms with Gasteiger partial charge in [-0.3, -0.25) is 19.9 Å². The van der Waals surface area contributed by atoms with Crippen LogP contribution in [0.2, 0.25) is 0 Å². The summed E-state index contributed by atoms with van der Waals surface area (Å²) in [5, 5.41) is 14.0. The lowest BCUT2D eigenvalue weighted by Crippen LogP contribution is -2.32. The average Bonchev–Trinajstić information content (AvgIpc) is 1.55. The van der Waals surface area contributed by atoms with Crippen molar-refractivity contribution in [2.75, 3.05) is 0 Å². The Balaban J connectivity index is 0.000000130. The molecule has 462 valence electrons. The number of pyridine rings is 4. The molecule has 0 saturated carbocycles. The fourth-order valence-electron chi connectivity index (χ4n) is 16.2. The van der Waals surface area contributed by atoms with Crippen LogP contribution in [-0.2, 0) is 17.3 Å². The molecular weight excluding hydrogens is 1350 g/mol. The monoisotopic (exact) mass is 1400 g/mol. The molecule has 5 aliphatic rings. The third kappa shape index (κ3) is 8.44. The lowest BCUT2D eigenvalue weighted by atomic mass is 9.66. The van der Waals surface area contributed by atoms with Crippen molar-refractivity contribution in [2.24, 2.45) is 0 Å². The van der Waals surface area contributed by atoms with Crippen LogP contribution >= 0.6 is 31.9 Å². The van der Waals surface area contributed by atoms with Gasteiger partial charge in [0.05, 0.1) is 104 Å². The average molecular weight is 1400 g/mol. The number of hydrogen-bond donors (Lipinski definition) is 0. The first-order valence-electron chi connectivity index (χ1n) is 32.3. The lowest BCUT2D eigenvalue weighted by molar-refractivity contribution is 0.436. The smallest absolute Gasteiger partial charge is 0.188 e. The van der Waals surface area contributed by atoms with E-state index in [1.807, 2.05) is 134 Å². The summed E-state index contributed by atoms with van der Waals surface area (Å²) in [7, 11) is 0. The van der Waals surface area contributed by atoms with Gasteiger partial charge in [0.25, 0.3) is 0 Å². The van der Waals surface area contributed by atoms with Crippen molar-refractivity contribution < 1.29 is 9.47 Å². The zero-order valence-corrected chi connectivity index (χ0v) is 55.5. The summed E-state index contributed by atoms with van der Waals surface area (Å²) in [6.07, 6.45) is 8.57. The Morgan fingerprint density at radius 1 is 0.374 bits per heavy atom. The van der Waals surface area contributed by atoms with E-state index in [1.165, 1.54) is 22.3 Å². The summed E-state index contributed by atoms with van der Waals surface area (Å²) in [5.41, 5.74) is 23.7. The van der Waals surface area contributed by atoms with E-state index in [1.54, 1.807) is 0 Å². The minimum Gasteiger partial charge on any atom is -0.457 e. The first kappa shape index (κ1) is 57.8. The lowest BCUT2D eigenvalue weighted by Gasteiger charge is -2.39. The van der Waals surface area contributed by atoms with Crippen LogP contribution < -0.4 is 9.47 Å². The summed E-state index contributed by atoms with van der Waals surface area (Å²) >= 11 is 7.26. The summed E-state index contributed by atoms with van der Waals surface area (Å²) in [4.78, 5) is 27.3. The maximum atomic E-state index is 9.80. The number of nitriles is 1. The molecule has 0 bridgehead atoms. The molecule has 16 aromatic rings. The van der Waals surface area contributed by atoms with E-state index >= 15 is 0 Å². The van der Waals surface area contributed by atoms with Crippen molar-refractivity contribution in [1.29, 1.82) is 5.26 Å². The van der Waals surface area contributed by atoms with Crippen LogP contribution in [0.25, 0.3) is 98.6 Å². The van der Waals surface area contributed by atoms with Gasteiger partial charge in [-0.25, -0.2) is 9.69 Å². The summed E-state index contributed by atoms with van der Waals surface area (Å²) in [6.45, 7) is 14.7. The first-order chi connectivity index (χ1) is 48.7. The predicted molar refractivity (Wildman–Crippen MR) is 395 cm³/mol. The Hall–Kier alpha value is -12.6. The molecule has 13 heteroatoms. The molecule has 0 N–H and O–H groups in total. The highest BCUT2D eigenvalue weighted by atomic mass is 79.9. The number of fused-ring (bicyclic) bond motifs is 27. The van der Waals surface area contributed by atoms with Crippen LogP contribution in [0, 0.1) is 24.5 Å². The van der Waals surface area contributed by atoms with Gasteiger partial charge in [-0.1, -0.05) is 152 Å². The second-order valence-electron chi connectivity index (χ2n) is 25.1. The van der Waals surface area contributed by atoms with E-state index in [2.05, 4.69) is 196 Å². The van der Waals surface area contributed by atoms with Gasteiger partial charge in [0.15, 0.2) is 11.4 Å². The number of aromatic nitrogens is 6. The minimum absolute atomic E-state index is 0.524. The Bertz CT molecular complexity index is 6020. The summed E-state index contributed by atoms with van der Waals surface area (Å²) in [6, 6.07) is 87.1. The van der Waals surface area contributed by atoms with Gasteiger partial charge in [0.2, 0.25) is 0 Å². The van der Waals surface area contributed by atoms with Crippen molar-refractivity contribution in [3.8, 4) is 74.3 Å². The van der Waals surface area contributed by atoms with Crippen LogP contribution in [0.5, 0.6) is 23.0 Å². The molecular formula is C86H47Br2N9O2. The van der Waals surface area contributed by atoms with Gasteiger partial charge >= 0.3 is 0 Å². The van der Waals surface area contributed by atoms with Gasteiger partial charge in [-0.15, -0.1) is 0 Å². The Labute approximate surface area is 584 Å². The van der Waals surface area contributed by atoms with Gasteiger partial charge in [-0.2, -0.15) is 5.26 Å². The zero-order valence-electron chi connectivity index (χ0n) is 52.3. The van der Waals surface area contributed by atoms with Gasteiger partial charge in [0.1, 0.15) is 23.0 Å². The SMILES string of the molecule is Brc1cnc2c(c1)C1(c3ccccc3Oc3ccccc31)c1cc(Br)cnc1-2.[C-]#[N+]c1ccc2c(c1)-c1ccccc1C2.[C-]#[N+]c1ccc2c(c1)c1ccccc1n2-c1cnc2c(c1)C1(c3ccccc3Oc3ccccc31)c1cc(-n3c4ccccc4c4cc(C#N)ccc43)cnc1-2. The fourth-order valence-corrected chi connectivity index (χ4v) is 16.8. The number of rotatable bonds is 2. The maximum absolute atomic E-state index is 9.80. The number of hydrogen-bond acceptors (Lipinski definition) is 7. The largest absolute Gasteiger partial charge is 0.457 e. The molecule has 0 radical (unpaired) electrons. The van der Waals surface area contributed by atoms with Crippen molar-refractivity contribution in [3.05, 3.63) is 366 Å². The molecule has 10 aromatic carbocycles. The number of para-hydroxylation sites is 6. The molecule has 8 heterocycles. The van der Waals surface area contributed by atoms with Crippen molar-refractivity contribution in [2.45, 2.75) is 17.3 Å². The normalized spacial score (nSPS) is 13.4. The molecule has 6 aromatic heterocycles. The van der Waals surface area contributed by atoms with Crippen molar-refractivity contribution >= 4 is 86.8 Å². The van der Waals surface area contributed by atoms with E-state index in [4.69, 9.17) is 42.6 Å². The van der Waals surface area contributed by atoms with Crippen LogP contribution in [0.4, 0.5) is 11.4 Å². The number of halogens is 2. The van der Waals surface area contributed by atoms with E-state index in [0.717, 1.165) is 166 Å². The van der Waals surface area contributed by atoms with Gasteiger partial charge in [0, 0.05) is 82.0 Å². The molecule has 99 heavy (non-hydrogen) atoms. The molecule has 0 fully saturated rings. The highest BCUT2D eigenvalue weighted by molar-refractivity contribution is 9.10. The van der Waals surface area contributed by atoms with E-state index in [9.17, 15) is 5.26 Å². The number of benzene rings is 10. The molecule has 11 nitrogen and oxygen atoms in total. The highest BCUT2D eigenvalue weighted by Crippen LogP contribution is 2.64. The van der Waals surface area contributed by atoms with Crippen LogP contribution in [0.3, 0.4) is 0 Å². The predicted octanol–water partition coefficient (Wildman–Crippen LogP) is 21.8. The Morgan fingerprint density at radius 2 is 0.768 bits per heavy atom. The number of ether oxygens (including phenoxy) is 2. The second kappa shape index (κ2) is 22.3.